The van der Waals surface area contributed by atoms with E-state index in [2.05, 4.69) is 96.2 Å². The average molecular weight is 342 g/mol. The monoisotopic (exact) mass is 341 g/mol. The molecule has 1 radical (unpaired) electrons. The minimum Gasteiger partial charge on any atom is -0.0798 e. The molecule has 0 saturated heterocycles. The molecule has 0 atom stereocenters. The highest BCUT2D eigenvalue weighted by Gasteiger charge is 2.33. The zero-order valence-corrected chi connectivity index (χ0v) is 16.9. The maximum Gasteiger partial charge on any atom is 0.0355 e. The van der Waals surface area contributed by atoms with Crippen molar-refractivity contribution in [2.45, 2.75) is 64.7 Å². The fourth-order valence-electron chi connectivity index (χ4n) is 4.15. The Kier molecular flexibility index (Phi) is 3.81. The van der Waals surface area contributed by atoms with Crippen LogP contribution in [0.3, 0.4) is 0 Å². The van der Waals surface area contributed by atoms with Gasteiger partial charge >= 0.3 is 0 Å². The molecule has 2 aromatic rings. The van der Waals surface area contributed by atoms with Crippen molar-refractivity contribution < 1.29 is 0 Å². The number of fused-ring (bicyclic) bond motifs is 3. The van der Waals surface area contributed by atoms with Crippen molar-refractivity contribution in [1.82, 2.24) is 0 Å². The van der Waals surface area contributed by atoms with E-state index < -0.39 is 0 Å². The highest BCUT2D eigenvalue weighted by atomic mass is 14.4. The number of allylic oxidation sites excluding steroid dienone is 4. The fraction of sp³-hybridized carbons (Fsp3) is 0.385. The highest BCUT2D eigenvalue weighted by molar-refractivity contribution is 5.82. The van der Waals surface area contributed by atoms with Gasteiger partial charge < -0.3 is 0 Å². The second kappa shape index (κ2) is 5.71. The van der Waals surface area contributed by atoms with Gasteiger partial charge in [-0.15, -0.1) is 0 Å². The van der Waals surface area contributed by atoms with Crippen molar-refractivity contribution in [3.05, 3.63) is 82.5 Å². The summed E-state index contributed by atoms with van der Waals surface area (Å²) < 4.78 is 0. The molecular formula is C26H29. The summed E-state index contributed by atoms with van der Waals surface area (Å²) in [6.07, 6.45) is 9.05. The first kappa shape index (κ1) is 17.3. The van der Waals surface area contributed by atoms with E-state index in [0.717, 1.165) is 6.42 Å². The number of hydrogen-bond acceptors (Lipinski definition) is 0. The van der Waals surface area contributed by atoms with Crippen molar-refractivity contribution in [3.63, 3.8) is 0 Å². The average Bonchev–Trinajstić information content (AvgIpc) is 3.17. The van der Waals surface area contributed by atoms with Crippen LogP contribution < -0.4 is 0 Å². The van der Waals surface area contributed by atoms with Crippen molar-refractivity contribution in [3.8, 4) is 11.1 Å². The van der Waals surface area contributed by atoms with Gasteiger partial charge in [0.1, 0.15) is 0 Å². The molecule has 2 aromatic carbocycles. The second-order valence-electron chi connectivity index (χ2n) is 9.78. The third kappa shape index (κ3) is 2.76. The van der Waals surface area contributed by atoms with Gasteiger partial charge in [-0.3, -0.25) is 0 Å². The van der Waals surface area contributed by atoms with Gasteiger partial charge in [-0.1, -0.05) is 90.1 Å². The standard InChI is InChI=1S/C26H29/c1-25(2,3)18-11-13-20-21-14-12-19(26(4,5)6)16-23(21)24(22(20)15-18)17-9-7-8-10-17/h7,9,11-16,24H,8H2,1-6H3. The summed E-state index contributed by atoms with van der Waals surface area (Å²) >= 11 is 0. The molecule has 0 fully saturated rings. The number of benzene rings is 2. The Balaban J connectivity index is 1.94. The first-order chi connectivity index (χ1) is 12.2. The van der Waals surface area contributed by atoms with Gasteiger partial charge in [-0.2, -0.15) is 0 Å². The van der Waals surface area contributed by atoms with Gasteiger partial charge in [-0.25, -0.2) is 0 Å². The van der Waals surface area contributed by atoms with Crippen LogP contribution in [-0.4, -0.2) is 0 Å². The minimum atomic E-state index is 0.161. The smallest absolute Gasteiger partial charge is 0.0355 e. The molecule has 0 spiro atoms. The van der Waals surface area contributed by atoms with E-state index in [4.69, 9.17) is 0 Å². The van der Waals surface area contributed by atoms with Crippen LogP contribution in [0.1, 0.15) is 76.1 Å². The van der Waals surface area contributed by atoms with Crippen molar-refractivity contribution in [2.24, 2.45) is 0 Å². The molecule has 0 amide bonds. The Morgan fingerprint density at radius 1 is 0.769 bits per heavy atom. The Bertz CT molecular complexity index is 860. The van der Waals surface area contributed by atoms with Crippen LogP contribution in [0.15, 0.2) is 54.1 Å². The lowest BCUT2D eigenvalue weighted by Crippen LogP contribution is -2.12. The SMILES string of the molecule is CC(C)(C)c1ccc2c(c1)C(C1=[C]CC=C1)c1cc(C(C)(C)C)ccc1-2. The van der Waals surface area contributed by atoms with Gasteiger partial charge in [0.2, 0.25) is 0 Å². The summed E-state index contributed by atoms with van der Waals surface area (Å²) in [5.74, 6) is 0.323. The van der Waals surface area contributed by atoms with Crippen molar-refractivity contribution in [2.75, 3.05) is 0 Å². The summed E-state index contributed by atoms with van der Waals surface area (Å²) in [5.41, 5.74) is 10.2. The molecule has 0 saturated carbocycles. The molecule has 0 bridgehead atoms. The van der Waals surface area contributed by atoms with Crippen molar-refractivity contribution in [1.29, 1.82) is 0 Å². The third-order valence-corrected chi connectivity index (χ3v) is 5.78. The topological polar surface area (TPSA) is 0 Å². The maximum absolute atomic E-state index is 3.60. The van der Waals surface area contributed by atoms with Crippen LogP contribution in [-0.2, 0) is 10.8 Å². The fourth-order valence-corrected chi connectivity index (χ4v) is 4.15. The molecule has 2 aliphatic carbocycles. The largest absolute Gasteiger partial charge is 0.0798 e. The van der Waals surface area contributed by atoms with Gasteiger partial charge in [0.15, 0.2) is 0 Å². The van der Waals surface area contributed by atoms with Gasteiger partial charge in [0.05, 0.1) is 0 Å². The van der Waals surface area contributed by atoms with Crippen LogP contribution in [0.25, 0.3) is 11.1 Å². The van der Waals surface area contributed by atoms with E-state index in [0.29, 0.717) is 5.92 Å². The Labute approximate surface area is 158 Å². The van der Waals surface area contributed by atoms with E-state index in [1.807, 2.05) is 0 Å². The number of hydrogen-bond donors (Lipinski definition) is 0. The zero-order valence-electron chi connectivity index (χ0n) is 16.9. The van der Waals surface area contributed by atoms with Crippen LogP contribution in [0.5, 0.6) is 0 Å². The maximum atomic E-state index is 3.60. The van der Waals surface area contributed by atoms with E-state index >= 15 is 0 Å². The molecule has 4 rings (SSSR count). The molecule has 0 N–H and O–H groups in total. The van der Waals surface area contributed by atoms with Gasteiger partial charge in [-0.05, 0) is 62.3 Å². The summed E-state index contributed by atoms with van der Waals surface area (Å²) in [6, 6.07) is 14.2. The minimum absolute atomic E-state index is 0.161. The van der Waals surface area contributed by atoms with Crippen LogP contribution in [0, 0.1) is 6.08 Å². The summed E-state index contributed by atoms with van der Waals surface area (Å²) in [7, 11) is 0. The van der Waals surface area contributed by atoms with Gasteiger partial charge in [0.25, 0.3) is 0 Å². The molecule has 0 aromatic heterocycles. The predicted molar refractivity (Wildman–Crippen MR) is 112 cm³/mol. The summed E-state index contributed by atoms with van der Waals surface area (Å²) in [6.45, 7) is 13.8. The molecule has 0 aliphatic heterocycles. The Hall–Kier alpha value is -2.08. The van der Waals surface area contributed by atoms with Crippen LogP contribution in [0.2, 0.25) is 0 Å². The van der Waals surface area contributed by atoms with Crippen LogP contribution in [0.4, 0.5) is 0 Å². The van der Waals surface area contributed by atoms with Crippen molar-refractivity contribution >= 4 is 0 Å². The number of rotatable bonds is 1. The molecule has 26 heavy (non-hydrogen) atoms. The molecular weight excluding hydrogens is 312 g/mol. The molecule has 133 valence electrons. The van der Waals surface area contributed by atoms with E-state index in [-0.39, 0.29) is 10.8 Å². The second-order valence-corrected chi connectivity index (χ2v) is 9.78. The van der Waals surface area contributed by atoms with E-state index in [1.54, 1.807) is 0 Å². The lowest BCUT2D eigenvalue weighted by atomic mass is 9.81. The van der Waals surface area contributed by atoms with E-state index in [9.17, 15) is 0 Å². The predicted octanol–water partition coefficient (Wildman–Crippen LogP) is 7.08. The first-order valence-electron chi connectivity index (χ1n) is 9.73. The van der Waals surface area contributed by atoms with Crippen LogP contribution >= 0.6 is 0 Å². The molecule has 0 unspecified atom stereocenters. The normalized spacial score (nSPS) is 16.6. The van der Waals surface area contributed by atoms with Gasteiger partial charge in [0, 0.05) is 5.92 Å². The molecule has 0 heterocycles. The lowest BCUT2D eigenvalue weighted by Gasteiger charge is -2.23. The molecule has 2 aliphatic rings. The summed E-state index contributed by atoms with van der Waals surface area (Å²) in [4.78, 5) is 0. The first-order valence-corrected chi connectivity index (χ1v) is 9.73. The zero-order chi connectivity index (χ0) is 18.7. The summed E-state index contributed by atoms with van der Waals surface area (Å²) in [5, 5.41) is 0. The van der Waals surface area contributed by atoms with E-state index in [1.165, 1.54) is 39.0 Å². The molecule has 0 heteroatoms. The quantitative estimate of drug-likeness (QED) is 0.519. The lowest BCUT2D eigenvalue weighted by molar-refractivity contribution is 0.589. The molecule has 0 nitrogen and oxygen atoms in total. The Morgan fingerprint density at radius 2 is 1.27 bits per heavy atom. The Morgan fingerprint density at radius 3 is 1.65 bits per heavy atom. The highest BCUT2D eigenvalue weighted by Crippen LogP contribution is 2.50. The third-order valence-electron chi connectivity index (χ3n) is 5.78.